The lowest BCUT2D eigenvalue weighted by Gasteiger charge is -2.17. The Hall–Kier alpha value is -2.01. The number of fused-ring (bicyclic) bond motifs is 2. The number of hydrogen-bond donors (Lipinski definition) is 2. The molecule has 9 heteroatoms. The van der Waals surface area contributed by atoms with Crippen LogP contribution in [0.4, 0.5) is 0 Å². The van der Waals surface area contributed by atoms with Gasteiger partial charge in [0.05, 0.1) is 26.4 Å². The molecule has 0 aliphatic carbocycles. The molecule has 0 amide bonds. The van der Waals surface area contributed by atoms with Gasteiger partial charge < -0.3 is 38.6 Å². The lowest BCUT2D eigenvalue weighted by atomic mass is 10.1. The summed E-state index contributed by atoms with van der Waals surface area (Å²) in [5.41, 5.74) is 0.806. The fourth-order valence-corrected chi connectivity index (χ4v) is 4.28. The molecule has 8 atom stereocenters. The molecule has 0 spiro atoms. The van der Waals surface area contributed by atoms with Crippen LogP contribution in [-0.4, -0.2) is 91.4 Å². The molecular weight excluding hydrogens is 396 g/mol. The van der Waals surface area contributed by atoms with Crippen LogP contribution in [0.15, 0.2) is 30.3 Å². The molecule has 162 valence electrons. The van der Waals surface area contributed by atoms with Crippen molar-refractivity contribution in [3.05, 3.63) is 35.9 Å². The fourth-order valence-electron chi connectivity index (χ4n) is 4.28. The SMILES string of the molecule is O=C(C=Cc1ccc(OC2COC3C(O)COC23)cc1)OC1COC2C(O)COC12. The molecule has 4 aliphatic heterocycles. The highest BCUT2D eigenvalue weighted by Crippen LogP contribution is 2.30. The lowest BCUT2D eigenvalue weighted by Crippen LogP contribution is -2.34. The van der Waals surface area contributed by atoms with Crippen LogP contribution in [0.5, 0.6) is 5.75 Å². The molecule has 9 nitrogen and oxygen atoms in total. The van der Waals surface area contributed by atoms with Gasteiger partial charge in [-0.2, -0.15) is 0 Å². The van der Waals surface area contributed by atoms with Crippen LogP contribution in [0.3, 0.4) is 0 Å². The smallest absolute Gasteiger partial charge is 0.331 e. The van der Waals surface area contributed by atoms with Gasteiger partial charge in [-0.05, 0) is 23.8 Å². The van der Waals surface area contributed by atoms with Gasteiger partial charge in [-0.15, -0.1) is 0 Å². The van der Waals surface area contributed by atoms with Crippen molar-refractivity contribution < 1.29 is 43.4 Å². The van der Waals surface area contributed by atoms with Gasteiger partial charge in [0.15, 0.2) is 12.2 Å². The molecule has 0 bridgehead atoms. The Bertz CT molecular complexity index is 794. The van der Waals surface area contributed by atoms with E-state index in [1.165, 1.54) is 6.08 Å². The first kappa shape index (κ1) is 19.9. The molecule has 4 aliphatic rings. The van der Waals surface area contributed by atoms with Crippen molar-refractivity contribution in [3.8, 4) is 5.75 Å². The molecule has 30 heavy (non-hydrogen) atoms. The summed E-state index contributed by atoms with van der Waals surface area (Å²) < 4.78 is 33.3. The summed E-state index contributed by atoms with van der Waals surface area (Å²) in [4.78, 5) is 12.1. The summed E-state index contributed by atoms with van der Waals surface area (Å²) in [6.07, 6.45) is -0.529. The van der Waals surface area contributed by atoms with Gasteiger partial charge in [0, 0.05) is 6.08 Å². The van der Waals surface area contributed by atoms with Crippen LogP contribution in [0.25, 0.3) is 6.08 Å². The van der Waals surface area contributed by atoms with E-state index in [1.807, 2.05) is 12.1 Å². The second-order valence-electron chi connectivity index (χ2n) is 7.86. The van der Waals surface area contributed by atoms with E-state index < -0.39 is 36.5 Å². The topological polar surface area (TPSA) is 113 Å². The first-order valence-corrected chi connectivity index (χ1v) is 10.1. The van der Waals surface area contributed by atoms with Crippen molar-refractivity contribution in [2.75, 3.05) is 26.4 Å². The lowest BCUT2D eigenvalue weighted by molar-refractivity contribution is -0.147. The number of rotatable bonds is 5. The maximum absolute atomic E-state index is 12.1. The second kappa shape index (κ2) is 8.26. The number of benzene rings is 1. The predicted molar refractivity (Wildman–Crippen MR) is 101 cm³/mol. The number of ether oxygens (including phenoxy) is 6. The summed E-state index contributed by atoms with van der Waals surface area (Å²) >= 11 is 0. The maximum atomic E-state index is 12.1. The molecule has 4 saturated heterocycles. The molecule has 4 fully saturated rings. The Kier molecular flexibility index (Phi) is 5.48. The summed E-state index contributed by atoms with van der Waals surface area (Å²) in [5.74, 6) is 0.153. The zero-order chi connectivity index (χ0) is 20.7. The molecule has 2 N–H and O–H groups in total. The van der Waals surface area contributed by atoms with E-state index in [9.17, 15) is 15.0 Å². The summed E-state index contributed by atoms with van der Waals surface area (Å²) in [6, 6.07) is 7.24. The molecular formula is C21H24O9. The first-order valence-electron chi connectivity index (χ1n) is 10.1. The van der Waals surface area contributed by atoms with Crippen LogP contribution >= 0.6 is 0 Å². The number of carbonyl (C=O) groups is 1. The third-order valence-corrected chi connectivity index (χ3v) is 5.81. The molecule has 4 heterocycles. The van der Waals surface area contributed by atoms with E-state index in [4.69, 9.17) is 28.4 Å². The van der Waals surface area contributed by atoms with Crippen molar-refractivity contribution >= 4 is 12.0 Å². The van der Waals surface area contributed by atoms with Crippen molar-refractivity contribution in [2.24, 2.45) is 0 Å². The summed E-state index contributed by atoms with van der Waals surface area (Å²) in [7, 11) is 0. The zero-order valence-corrected chi connectivity index (χ0v) is 16.2. The minimum absolute atomic E-state index is 0.189. The quantitative estimate of drug-likeness (QED) is 0.489. The Morgan fingerprint density at radius 2 is 1.40 bits per heavy atom. The molecule has 5 rings (SSSR count). The van der Waals surface area contributed by atoms with Crippen LogP contribution in [0, 0.1) is 0 Å². The number of aliphatic hydroxyl groups is 2. The number of hydrogen-bond acceptors (Lipinski definition) is 9. The van der Waals surface area contributed by atoms with Crippen molar-refractivity contribution in [2.45, 2.75) is 48.8 Å². The Labute approximate surface area is 173 Å². The largest absolute Gasteiger partial charge is 0.485 e. The van der Waals surface area contributed by atoms with Crippen LogP contribution in [-0.2, 0) is 28.5 Å². The van der Waals surface area contributed by atoms with E-state index in [0.29, 0.717) is 12.4 Å². The minimum Gasteiger partial charge on any atom is -0.485 e. The summed E-state index contributed by atoms with van der Waals surface area (Å²) in [5, 5.41) is 19.5. The van der Waals surface area contributed by atoms with Crippen LogP contribution in [0.1, 0.15) is 5.56 Å². The average Bonchev–Trinajstić information content (AvgIpc) is 3.49. The normalized spacial score (nSPS) is 39.9. The number of esters is 1. The van der Waals surface area contributed by atoms with E-state index in [2.05, 4.69) is 0 Å². The molecule has 0 aromatic heterocycles. The summed E-state index contributed by atoms with van der Waals surface area (Å²) in [6.45, 7) is 1.03. The standard InChI is InChI=1S/C21H24O9/c22-13-7-25-20-15(9-27-18(13)20)29-12-4-1-11(2-5-12)3-6-17(24)30-16-10-28-19-14(23)8-26-21(16)19/h1-6,13-16,18-23H,7-10H2. The Balaban J connectivity index is 1.13. The minimum atomic E-state index is -0.679. The van der Waals surface area contributed by atoms with Gasteiger partial charge in [0.1, 0.15) is 42.4 Å². The molecule has 0 saturated carbocycles. The van der Waals surface area contributed by atoms with Gasteiger partial charge in [-0.25, -0.2) is 4.79 Å². The third kappa shape index (κ3) is 3.84. The van der Waals surface area contributed by atoms with Gasteiger partial charge >= 0.3 is 5.97 Å². The average molecular weight is 420 g/mol. The van der Waals surface area contributed by atoms with E-state index in [0.717, 1.165) is 5.56 Å². The molecule has 0 radical (unpaired) electrons. The Morgan fingerprint density at radius 1 is 0.833 bits per heavy atom. The van der Waals surface area contributed by atoms with E-state index >= 15 is 0 Å². The van der Waals surface area contributed by atoms with Crippen LogP contribution in [0.2, 0.25) is 0 Å². The van der Waals surface area contributed by atoms with Gasteiger partial charge in [-0.3, -0.25) is 0 Å². The van der Waals surface area contributed by atoms with E-state index in [1.54, 1.807) is 18.2 Å². The first-order chi connectivity index (χ1) is 14.6. The van der Waals surface area contributed by atoms with E-state index in [-0.39, 0.29) is 38.1 Å². The van der Waals surface area contributed by atoms with Crippen molar-refractivity contribution in [1.82, 2.24) is 0 Å². The molecule has 8 unspecified atom stereocenters. The molecule has 1 aromatic carbocycles. The van der Waals surface area contributed by atoms with Gasteiger partial charge in [0.25, 0.3) is 0 Å². The highest BCUT2D eigenvalue weighted by Gasteiger charge is 2.49. The zero-order valence-electron chi connectivity index (χ0n) is 16.2. The van der Waals surface area contributed by atoms with Gasteiger partial charge in [0.2, 0.25) is 0 Å². The van der Waals surface area contributed by atoms with Crippen molar-refractivity contribution in [3.63, 3.8) is 0 Å². The van der Waals surface area contributed by atoms with Crippen LogP contribution < -0.4 is 4.74 Å². The Morgan fingerprint density at radius 3 is 2.07 bits per heavy atom. The molecule has 1 aromatic rings. The maximum Gasteiger partial charge on any atom is 0.331 e. The fraction of sp³-hybridized carbons (Fsp3) is 0.571. The van der Waals surface area contributed by atoms with Crippen molar-refractivity contribution in [1.29, 1.82) is 0 Å². The second-order valence-corrected chi connectivity index (χ2v) is 7.86. The number of carbonyl (C=O) groups excluding carboxylic acids is 1. The number of aliphatic hydroxyl groups excluding tert-OH is 2. The third-order valence-electron chi connectivity index (χ3n) is 5.81. The highest BCUT2D eigenvalue weighted by atomic mass is 16.6. The predicted octanol–water partition coefficient (Wildman–Crippen LogP) is -0.324. The monoisotopic (exact) mass is 420 g/mol. The highest BCUT2D eigenvalue weighted by molar-refractivity contribution is 5.87. The van der Waals surface area contributed by atoms with Gasteiger partial charge in [-0.1, -0.05) is 12.1 Å².